The molecule has 0 spiro atoms. The highest BCUT2D eigenvalue weighted by molar-refractivity contribution is 6.71. The highest BCUT2D eigenvalue weighted by atomic mass is 28.4. The van der Waals surface area contributed by atoms with Gasteiger partial charge in [-0.15, -0.1) is 0 Å². The molecule has 0 bridgehead atoms. The molecule has 0 aromatic carbocycles. The second-order valence-corrected chi connectivity index (χ2v) is 10.5. The monoisotopic (exact) mass is 266 g/mol. The van der Waals surface area contributed by atoms with Crippen molar-refractivity contribution < 1.29 is 4.43 Å². The molecule has 18 heavy (non-hydrogen) atoms. The maximum Gasteiger partial charge on any atom is 0.258 e. The lowest BCUT2D eigenvalue weighted by molar-refractivity contribution is 0.425. The van der Waals surface area contributed by atoms with Gasteiger partial charge in [-0.3, -0.25) is 0 Å². The van der Waals surface area contributed by atoms with Gasteiger partial charge in [0, 0.05) is 5.92 Å². The van der Waals surface area contributed by atoms with Gasteiger partial charge in [0.2, 0.25) is 0 Å². The fourth-order valence-corrected chi connectivity index (χ4v) is 4.07. The molecule has 0 unspecified atom stereocenters. The van der Waals surface area contributed by atoms with Gasteiger partial charge in [0.05, 0.1) is 6.11 Å². The van der Waals surface area contributed by atoms with Crippen LogP contribution in [0.1, 0.15) is 64.7 Å². The van der Waals surface area contributed by atoms with Gasteiger partial charge in [-0.2, -0.15) is 0 Å². The third-order valence-electron chi connectivity index (χ3n) is 3.83. The summed E-state index contributed by atoms with van der Waals surface area (Å²) >= 11 is 0. The summed E-state index contributed by atoms with van der Waals surface area (Å²) in [6.07, 6.45) is 15.1. The smallest absolute Gasteiger partial charge is 0.258 e. The van der Waals surface area contributed by atoms with Crippen LogP contribution in [0.4, 0.5) is 0 Å². The summed E-state index contributed by atoms with van der Waals surface area (Å²) in [5, 5.41) is 0. The number of unbranched alkanes of at least 4 members (excludes halogenated alkanes) is 3. The molecule has 1 nitrogen and oxygen atoms in total. The van der Waals surface area contributed by atoms with Crippen LogP contribution in [-0.2, 0) is 4.43 Å². The van der Waals surface area contributed by atoms with Gasteiger partial charge < -0.3 is 4.43 Å². The van der Waals surface area contributed by atoms with Crippen LogP contribution >= 0.6 is 0 Å². The molecule has 0 N–H and O–H groups in total. The largest absolute Gasteiger partial charge is 0.501 e. The number of rotatable bonds is 6. The summed E-state index contributed by atoms with van der Waals surface area (Å²) in [7, 11) is -1.51. The Labute approximate surface area is 115 Å². The van der Waals surface area contributed by atoms with Crippen molar-refractivity contribution in [2.24, 2.45) is 5.92 Å². The molecule has 1 aliphatic carbocycles. The third kappa shape index (κ3) is 7.11. The average Bonchev–Trinajstić information content (AvgIpc) is 2.36. The number of hydrogen-bond acceptors (Lipinski definition) is 1. The second kappa shape index (κ2) is 8.64. The van der Waals surface area contributed by atoms with E-state index in [0.717, 1.165) is 0 Å². The molecule has 0 aromatic heterocycles. The molecule has 1 fully saturated rings. The van der Waals surface area contributed by atoms with Crippen LogP contribution in [0.2, 0.25) is 19.1 Å². The van der Waals surface area contributed by atoms with E-state index in [-0.39, 0.29) is 0 Å². The average molecular weight is 267 g/mol. The lowest BCUT2D eigenvalue weighted by atomic mass is 9.90. The predicted octanol–water partition coefficient (Wildman–Crippen LogP) is 5.33. The summed E-state index contributed by atoms with van der Waals surface area (Å²) < 4.78 is 5.89. The minimum Gasteiger partial charge on any atom is -0.501 e. The molecule has 1 saturated carbocycles. The molecule has 0 amide bonds. The lowest BCUT2D eigenvalue weighted by Crippen LogP contribution is -2.27. The quantitative estimate of drug-likeness (QED) is 0.359. The Morgan fingerprint density at radius 1 is 1.06 bits per heavy atom. The third-order valence-corrected chi connectivity index (χ3v) is 6.04. The SMILES string of the molecule is CCCCCC[Si](C)(C)OC#CC1CCCCC1. The first-order chi connectivity index (χ1) is 8.64. The molecule has 0 aromatic rings. The van der Waals surface area contributed by atoms with Crippen molar-refractivity contribution in [3.63, 3.8) is 0 Å². The zero-order valence-corrected chi connectivity index (χ0v) is 13.6. The van der Waals surface area contributed by atoms with Crippen LogP contribution in [0.3, 0.4) is 0 Å². The van der Waals surface area contributed by atoms with Gasteiger partial charge in [-0.05, 0) is 32.0 Å². The summed E-state index contributed by atoms with van der Waals surface area (Å²) in [6.45, 7) is 6.86. The second-order valence-electron chi connectivity index (χ2n) is 6.25. The fourth-order valence-electron chi connectivity index (χ4n) is 2.53. The van der Waals surface area contributed by atoms with Crippen LogP contribution in [0.15, 0.2) is 0 Å². The normalized spacial score (nSPS) is 17.1. The van der Waals surface area contributed by atoms with Crippen molar-refractivity contribution in [2.75, 3.05) is 0 Å². The molecule has 0 saturated heterocycles. The first-order valence-electron chi connectivity index (χ1n) is 7.82. The maximum absolute atomic E-state index is 5.89. The molecule has 0 aliphatic heterocycles. The summed E-state index contributed by atoms with van der Waals surface area (Å²) in [4.78, 5) is 0. The topological polar surface area (TPSA) is 9.23 Å². The van der Waals surface area contributed by atoms with Crippen LogP contribution < -0.4 is 0 Å². The van der Waals surface area contributed by atoms with Crippen molar-refractivity contribution in [3.8, 4) is 12.0 Å². The zero-order chi connectivity index (χ0) is 13.3. The van der Waals surface area contributed by atoms with Gasteiger partial charge in [0.25, 0.3) is 8.32 Å². The van der Waals surface area contributed by atoms with E-state index < -0.39 is 8.32 Å². The maximum atomic E-state index is 5.89. The first kappa shape index (κ1) is 15.6. The Hall–Kier alpha value is -0.423. The highest BCUT2D eigenvalue weighted by Crippen LogP contribution is 2.23. The van der Waals surface area contributed by atoms with Crippen LogP contribution in [-0.4, -0.2) is 8.32 Å². The molecule has 1 aliphatic rings. The Bertz CT molecular complexity index is 269. The Morgan fingerprint density at radius 3 is 2.44 bits per heavy atom. The standard InChI is InChI=1S/C16H30OSi/c1-4-5-6-10-15-18(2,3)17-14-13-16-11-8-7-9-12-16/h16H,4-12,15H2,1-3H3. The molecule has 0 atom stereocenters. The summed E-state index contributed by atoms with van der Waals surface area (Å²) in [5.41, 5.74) is 0. The Balaban J connectivity index is 2.20. The molecule has 0 radical (unpaired) electrons. The molecule has 104 valence electrons. The van der Waals surface area contributed by atoms with Gasteiger partial charge in [-0.1, -0.05) is 57.8 Å². The summed E-state index contributed by atoms with van der Waals surface area (Å²) in [6, 6.07) is 1.26. The molecule has 0 heterocycles. The Morgan fingerprint density at radius 2 is 1.78 bits per heavy atom. The fraction of sp³-hybridized carbons (Fsp3) is 0.875. The molecular weight excluding hydrogens is 236 g/mol. The van der Waals surface area contributed by atoms with Crippen LogP contribution in [0.25, 0.3) is 0 Å². The van der Waals surface area contributed by atoms with Crippen molar-refractivity contribution in [2.45, 2.75) is 83.8 Å². The van der Waals surface area contributed by atoms with Crippen molar-refractivity contribution in [3.05, 3.63) is 0 Å². The number of hydrogen-bond donors (Lipinski definition) is 0. The van der Waals surface area contributed by atoms with Crippen LogP contribution in [0.5, 0.6) is 0 Å². The molecule has 1 rings (SSSR count). The van der Waals surface area contributed by atoms with Crippen molar-refractivity contribution >= 4 is 8.32 Å². The zero-order valence-electron chi connectivity index (χ0n) is 12.6. The Kier molecular flexibility index (Phi) is 7.50. The van der Waals surface area contributed by atoms with E-state index in [4.69, 9.17) is 4.43 Å². The minimum atomic E-state index is -1.51. The van der Waals surface area contributed by atoms with E-state index in [1.807, 2.05) is 0 Å². The van der Waals surface area contributed by atoms with E-state index in [2.05, 4.69) is 32.0 Å². The van der Waals surface area contributed by atoms with E-state index in [1.165, 1.54) is 63.8 Å². The van der Waals surface area contributed by atoms with Gasteiger partial charge in [0.1, 0.15) is 0 Å². The minimum absolute atomic E-state index is 0.614. The lowest BCUT2D eigenvalue weighted by Gasteiger charge is -2.20. The highest BCUT2D eigenvalue weighted by Gasteiger charge is 2.22. The van der Waals surface area contributed by atoms with Gasteiger partial charge >= 0.3 is 0 Å². The van der Waals surface area contributed by atoms with E-state index in [9.17, 15) is 0 Å². The van der Waals surface area contributed by atoms with E-state index in [1.54, 1.807) is 0 Å². The van der Waals surface area contributed by atoms with Crippen molar-refractivity contribution in [1.82, 2.24) is 0 Å². The molecular formula is C16H30OSi. The first-order valence-corrected chi connectivity index (χ1v) is 10.9. The predicted molar refractivity (Wildman–Crippen MR) is 81.9 cm³/mol. The van der Waals surface area contributed by atoms with Gasteiger partial charge in [0.15, 0.2) is 0 Å². The van der Waals surface area contributed by atoms with E-state index in [0.29, 0.717) is 5.92 Å². The summed E-state index contributed by atoms with van der Waals surface area (Å²) in [5.74, 6) is 3.96. The van der Waals surface area contributed by atoms with Gasteiger partial charge in [-0.25, -0.2) is 0 Å². The van der Waals surface area contributed by atoms with Crippen LogP contribution in [0, 0.1) is 17.9 Å². The van der Waals surface area contributed by atoms with E-state index >= 15 is 0 Å². The van der Waals surface area contributed by atoms with Crippen molar-refractivity contribution in [1.29, 1.82) is 0 Å². The molecule has 2 heteroatoms.